The van der Waals surface area contributed by atoms with Crippen molar-refractivity contribution in [2.75, 3.05) is 13.1 Å². The highest BCUT2D eigenvalue weighted by molar-refractivity contribution is 7.89. The second-order valence-corrected chi connectivity index (χ2v) is 7.04. The summed E-state index contributed by atoms with van der Waals surface area (Å²) in [6, 6.07) is 2.34. The Balaban J connectivity index is 2.53. The van der Waals surface area contributed by atoms with Gasteiger partial charge < -0.3 is 10.2 Å². The van der Waals surface area contributed by atoms with E-state index in [0.717, 1.165) is 10.4 Å². The van der Waals surface area contributed by atoms with Crippen molar-refractivity contribution in [2.45, 2.75) is 17.4 Å². The minimum atomic E-state index is -3.96. The maximum atomic E-state index is 12.4. The van der Waals surface area contributed by atoms with Crippen molar-refractivity contribution in [3.8, 4) is 0 Å². The van der Waals surface area contributed by atoms with Crippen LogP contribution in [-0.2, 0) is 10.0 Å². The molecule has 1 unspecified atom stereocenters. The van der Waals surface area contributed by atoms with Gasteiger partial charge in [0.2, 0.25) is 10.0 Å². The molecule has 1 aliphatic rings. The number of aliphatic hydroxyl groups is 1. The zero-order valence-electron chi connectivity index (χ0n) is 10.1. The highest BCUT2D eigenvalue weighted by atomic mass is 35.5. The van der Waals surface area contributed by atoms with Crippen LogP contribution in [0.2, 0.25) is 10.0 Å². The van der Waals surface area contributed by atoms with Crippen molar-refractivity contribution in [1.82, 2.24) is 4.31 Å². The van der Waals surface area contributed by atoms with Gasteiger partial charge in [0, 0.05) is 13.1 Å². The third-order valence-corrected chi connectivity index (χ3v) is 5.74. The minimum absolute atomic E-state index is 0.0380. The summed E-state index contributed by atoms with van der Waals surface area (Å²) in [6.07, 6.45) is -0.397. The van der Waals surface area contributed by atoms with Crippen LogP contribution in [0.1, 0.15) is 16.8 Å². The van der Waals surface area contributed by atoms with Gasteiger partial charge >= 0.3 is 5.97 Å². The predicted octanol–water partition coefficient (Wildman–Crippen LogP) is 1.45. The average molecular weight is 340 g/mol. The molecule has 9 heteroatoms. The molecule has 0 aromatic heterocycles. The maximum absolute atomic E-state index is 12.4. The Labute approximate surface area is 125 Å². The summed E-state index contributed by atoms with van der Waals surface area (Å²) >= 11 is 11.6. The number of carboxylic acid groups (broad SMARTS) is 1. The Kier molecular flexibility index (Phi) is 4.27. The number of nitrogens with zero attached hydrogens (tertiary/aromatic N) is 1. The van der Waals surface area contributed by atoms with E-state index in [4.69, 9.17) is 28.3 Å². The molecular formula is C11H11Cl2NO5S. The number of β-amino-alcohol motifs (C(OH)–C–C–N with tert-alkyl or cyclic N) is 1. The lowest BCUT2D eigenvalue weighted by Gasteiger charge is -2.17. The largest absolute Gasteiger partial charge is 0.478 e. The summed E-state index contributed by atoms with van der Waals surface area (Å²) in [5, 5.41) is 17.9. The second kappa shape index (κ2) is 5.50. The zero-order valence-corrected chi connectivity index (χ0v) is 12.4. The average Bonchev–Trinajstić information content (AvgIpc) is 2.75. The fraction of sp³-hybridized carbons (Fsp3) is 0.364. The normalized spacial score (nSPS) is 20.2. The fourth-order valence-corrected chi connectivity index (χ4v) is 4.38. The quantitative estimate of drug-likeness (QED) is 0.868. The van der Waals surface area contributed by atoms with E-state index in [1.165, 1.54) is 6.07 Å². The molecule has 0 saturated carbocycles. The molecule has 1 aromatic rings. The van der Waals surface area contributed by atoms with Crippen LogP contribution in [0.4, 0.5) is 0 Å². The van der Waals surface area contributed by atoms with Crippen LogP contribution < -0.4 is 0 Å². The number of aliphatic hydroxyl groups excluding tert-OH is 1. The number of hydrogen-bond donors (Lipinski definition) is 2. The molecule has 0 radical (unpaired) electrons. The molecule has 1 fully saturated rings. The van der Waals surface area contributed by atoms with Crippen molar-refractivity contribution in [3.05, 3.63) is 27.7 Å². The first kappa shape index (κ1) is 15.5. The summed E-state index contributed by atoms with van der Waals surface area (Å²) in [6.45, 7) is 0.120. The number of carboxylic acids is 1. The zero-order chi connectivity index (χ0) is 15.1. The van der Waals surface area contributed by atoms with E-state index < -0.39 is 32.7 Å². The van der Waals surface area contributed by atoms with Crippen molar-refractivity contribution in [2.24, 2.45) is 0 Å². The molecule has 1 aromatic carbocycles. The van der Waals surface area contributed by atoms with Crippen LogP contribution in [0.3, 0.4) is 0 Å². The lowest BCUT2D eigenvalue weighted by Crippen LogP contribution is -2.30. The fourth-order valence-electron chi connectivity index (χ4n) is 2.00. The molecule has 6 nitrogen and oxygen atoms in total. The minimum Gasteiger partial charge on any atom is -0.478 e. The van der Waals surface area contributed by atoms with E-state index in [2.05, 4.69) is 0 Å². The van der Waals surface area contributed by atoms with Gasteiger partial charge in [-0.15, -0.1) is 0 Å². The Hall–Kier alpha value is -0.860. The second-order valence-electron chi connectivity index (χ2n) is 4.35. The molecule has 1 saturated heterocycles. The highest BCUT2D eigenvalue weighted by Crippen LogP contribution is 2.33. The van der Waals surface area contributed by atoms with Crippen LogP contribution in [-0.4, -0.2) is 48.1 Å². The molecule has 0 spiro atoms. The smallest absolute Gasteiger partial charge is 0.338 e. The molecule has 1 atom stereocenters. The summed E-state index contributed by atoms with van der Waals surface area (Å²) in [4.78, 5) is 10.8. The lowest BCUT2D eigenvalue weighted by atomic mass is 10.2. The third kappa shape index (κ3) is 2.64. The van der Waals surface area contributed by atoms with Crippen LogP contribution >= 0.6 is 23.2 Å². The van der Waals surface area contributed by atoms with E-state index in [-0.39, 0.29) is 23.0 Å². The van der Waals surface area contributed by atoms with Crippen molar-refractivity contribution >= 4 is 39.2 Å². The van der Waals surface area contributed by atoms with Gasteiger partial charge in [-0.1, -0.05) is 23.2 Å². The highest BCUT2D eigenvalue weighted by Gasteiger charge is 2.34. The first-order valence-corrected chi connectivity index (χ1v) is 7.84. The standard InChI is InChI=1S/C11H11Cl2NO5S/c12-7-1-2-8(10(13)9(7)11(16)17)20(18,19)14-4-3-6(15)5-14/h1-2,6,15H,3-5H2,(H,16,17). The molecule has 1 heterocycles. The number of sulfonamides is 1. The summed E-state index contributed by atoms with van der Waals surface area (Å²) in [7, 11) is -3.96. The monoisotopic (exact) mass is 339 g/mol. The van der Waals surface area contributed by atoms with Crippen molar-refractivity contribution in [1.29, 1.82) is 0 Å². The van der Waals surface area contributed by atoms with Gasteiger partial charge in [0.15, 0.2) is 0 Å². The van der Waals surface area contributed by atoms with Crippen LogP contribution in [0.25, 0.3) is 0 Å². The van der Waals surface area contributed by atoms with Crippen LogP contribution in [0.5, 0.6) is 0 Å². The molecule has 0 aliphatic carbocycles. The number of benzene rings is 1. The van der Waals surface area contributed by atoms with Gasteiger partial charge in [0.25, 0.3) is 0 Å². The van der Waals surface area contributed by atoms with E-state index in [9.17, 15) is 18.3 Å². The van der Waals surface area contributed by atoms with Crippen LogP contribution in [0.15, 0.2) is 17.0 Å². The van der Waals surface area contributed by atoms with Gasteiger partial charge in [0.1, 0.15) is 4.90 Å². The summed E-state index contributed by atoms with van der Waals surface area (Å²) in [5.41, 5.74) is -0.450. The molecule has 0 bridgehead atoms. The Bertz CT molecular complexity index is 661. The van der Waals surface area contributed by atoms with Crippen molar-refractivity contribution in [3.63, 3.8) is 0 Å². The van der Waals surface area contributed by atoms with Gasteiger partial charge in [-0.05, 0) is 18.6 Å². The van der Waals surface area contributed by atoms with E-state index in [1.54, 1.807) is 0 Å². The van der Waals surface area contributed by atoms with E-state index >= 15 is 0 Å². The first-order valence-electron chi connectivity index (χ1n) is 5.64. The Morgan fingerprint density at radius 2 is 2.00 bits per heavy atom. The maximum Gasteiger partial charge on any atom is 0.338 e. The number of halogens is 2. The molecule has 1 aliphatic heterocycles. The third-order valence-electron chi connectivity index (χ3n) is 3.01. The number of carbonyl (C=O) groups is 1. The summed E-state index contributed by atoms with van der Waals surface area (Å²) in [5.74, 6) is -1.40. The summed E-state index contributed by atoms with van der Waals surface area (Å²) < 4.78 is 25.8. The molecule has 2 N–H and O–H groups in total. The lowest BCUT2D eigenvalue weighted by molar-refractivity contribution is 0.0697. The molecule has 2 rings (SSSR count). The number of aromatic carboxylic acids is 1. The molecule has 0 amide bonds. The van der Waals surface area contributed by atoms with E-state index in [0.29, 0.717) is 6.42 Å². The Morgan fingerprint density at radius 1 is 1.35 bits per heavy atom. The van der Waals surface area contributed by atoms with Crippen LogP contribution in [0, 0.1) is 0 Å². The molecule has 20 heavy (non-hydrogen) atoms. The molecular weight excluding hydrogens is 329 g/mol. The number of rotatable bonds is 3. The van der Waals surface area contributed by atoms with Gasteiger partial charge in [-0.3, -0.25) is 0 Å². The predicted molar refractivity (Wildman–Crippen MR) is 72.8 cm³/mol. The number of hydrogen-bond acceptors (Lipinski definition) is 4. The first-order chi connectivity index (χ1) is 9.25. The topological polar surface area (TPSA) is 94.9 Å². The van der Waals surface area contributed by atoms with Crippen molar-refractivity contribution < 1.29 is 23.4 Å². The molecule has 110 valence electrons. The van der Waals surface area contributed by atoms with Gasteiger partial charge in [0.05, 0.1) is 21.7 Å². The Morgan fingerprint density at radius 3 is 2.50 bits per heavy atom. The SMILES string of the molecule is O=C(O)c1c(Cl)ccc(S(=O)(=O)N2CCC(O)C2)c1Cl. The van der Waals surface area contributed by atoms with E-state index in [1.807, 2.05) is 0 Å². The van der Waals surface area contributed by atoms with Gasteiger partial charge in [-0.2, -0.15) is 4.31 Å². The van der Waals surface area contributed by atoms with Gasteiger partial charge in [-0.25, -0.2) is 13.2 Å².